The van der Waals surface area contributed by atoms with Crippen LogP contribution in [-0.2, 0) is 9.47 Å². The molecule has 3 N–H and O–H groups in total. The van der Waals surface area contributed by atoms with Gasteiger partial charge in [-0.3, -0.25) is 0 Å². The summed E-state index contributed by atoms with van der Waals surface area (Å²) in [7, 11) is 0. The number of nitrogens with one attached hydrogen (secondary N) is 2. The number of hydrogen-bond acceptors (Lipinski definition) is 5. The molecule has 6 nitrogen and oxygen atoms in total. The summed E-state index contributed by atoms with van der Waals surface area (Å²) in [5.41, 5.74) is 0.455. The topological polar surface area (TPSA) is 79.8 Å². The minimum atomic E-state index is -0.847. The van der Waals surface area contributed by atoms with E-state index in [2.05, 4.69) is 10.6 Å². The molecule has 4 rings (SSSR count). The number of amides is 2. The maximum absolute atomic E-state index is 13.0. The highest BCUT2D eigenvalue weighted by Crippen LogP contribution is 2.38. The summed E-state index contributed by atoms with van der Waals surface area (Å²) in [5, 5.41) is 15.9. The number of fused-ring (bicyclic) bond motifs is 2. The molecule has 0 spiro atoms. The van der Waals surface area contributed by atoms with Gasteiger partial charge in [0.25, 0.3) is 0 Å². The van der Waals surface area contributed by atoms with Gasteiger partial charge in [-0.15, -0.1) is 11.8 Å². The quantitative estimate of drug-likeness (QED) is 0.748. The van der Waals surface area contributed by atoms with Crippen molar-refractivity contribution >= 4 is 23.5 Å². The number of hydrogen-bond donors (Lipinski definition) is 3. The number of rotatable bonds is 4. The molecule has 0 saturated carbocycles. The van der Waals surface area contributed by atoms with Crippen molar-refractivity contribution in [1.29, 1.82) is 0 Å². The summed E-state index contributed by atoms with van der Waals surface area (Å²) in [4.78, 5) is 13.3. The first-order valence-corrected chi connectivity index (χ1v) is 9.48. The van der Waals surface area contributed by atoms with Crippen LogP contribution < -0.4 is 10.6 Å². The van der Waals surface area contributed by atoms with Gasteiger partial charge in [-0.2, -0.15) is 0 Å². The van der Waals surface area contributed by atoms with E-state index < -0.39 is 30.6 Å². The number of carbonyl (C=O) groups excluding carboxylic acids is 1. The van der Waals surface area contributed by atoms with Crippen molar-refractivity contribution < 1.29 is 23.8 Å². The largest absolute Gasteiger partial charge is 0.389 e. The van der Waals surface area contributed by atoms with Crippen LogP contribution in [-0.4, -0.2) is 47.5 Å². The molecule has 2 saturated heterocycles. The number of aliphatic hydroxyl groups is 1. The van der Waals surface area contributed by atoms with Crippen molar-refractivity contribution in [1.82, 2.24) is 5.32 Å². The van der Waals surface area contributed by atoms with Crippen molar-refractivity contribution in [2.24, 2.45) is 0 Å². The van der Waals surface area contributed by atoms with Crippen LogP contribution in [0.1, 0.15) is 0 Å². The first kappa shape index (κ1) is 18.2. The highest BCUT2D eigenvalue weighted by Gasteiger charge is 2.51. The lowest BCUT2D eigenvalue weighted by Crippen LogP contribution is -2.60. The zero-order valence-corrected chi connectivity index (χ0v) is 15.1. The Bertz CT molecular complexity index is 792. The Morgan fingerprint density at radius 2 is 1.89 bits per heavy atom. The monoisotopic (exact) mass is 390 g/mol. The van der Waals surface area contributed by atoms with Gasteiger partial charge < -0.3 is 25.2 Å². The van der Waals surface area contributed by atoms with Crippen molar-refractivity contribution in [2.45, 2.75) is 34.7 Å². The summed E-state index contributed by atoms with van der Waals surface area (Å²) in [6.45, 7) is 0.301. The second kappa shape index (κ2) is 7.85. The van der Waals surface area contributed by atoms with E-state index in [0.717, 1.165) is 4.90 Å². The van der Waals surface area contributed by atoms with Crippen molar-refractivity contribution in [3.8, 4) is 0 Å². The summed E-state index contributed by atoms with van der Waals surface area (Å²) < 4.78 is 24.5. The van der Waals surface area contributed by atoms with Gasteiger partial charge in [0.2, 0.25) is 0 Å². The molecule has 5 unspecified atom stereocenters. The molecule has 0 radical (unpaired) electrons. The lowest BCUT2D eigenvalue weighted by atomic mass is 10.00. The lowest BCUT2D eigenvalue weighted by molar-refractivity contribution is -0.121. The van der Waals surface area contributed by atoms with E-state index in [4.69, 9.17) is 9.47 Å². The Morgan fingerprint density at radius 3 is 2.63 bits per heavy atom. The fourth-order valence-corrected chi connectivity index (χ4v) is 4.39. The predicted octanol–water partition coefficient (Wildman–Crippen LogP) is 2.59. The predicted molar refractivity (Wildman–Crippen MR) is 99.0 cm³/mol. The van der Waals surface area contributed by atoms with Crippen molar-refractivity contribution in [2.75, 3.05) is 11.9 Å². The molecule has 2 aromatic carbocycles. The Balaban J connectivity index is 1.43. The summed E-state index contributed by atoms with van der Waals surface area (Å²) >= 11 is 1.46. The molecule has 2 heterocycles. The highest BCUT2D eigenvalue weighted by atomic mass is 32.2. The van der Waals surface area contributed by atoms with Gasteiger partial charge in [0.15, 0.2) is 6.29 Å². The third kappa shape index (κ3) is 4.08. The van der Waals surface area contributed by atoms with E-state index in [1.165, 1.54) is 36.0 Å². The Morgan fingerprint density at radius 1 is 1.15 bits per heavy atom. The second-order valence-electron chi connectivity index (χ2n) is 6.39. The molecule has 0 aliphatic carbocycles. The lowest BCUT2D eigenvalue weighted by Gasteiger charge is -2.38. The van der Waals surface area contributed by atoms with Gasteiger partial charge in [0.05, 0.1) is 24.0 Å². The maximum atomic E-state index is 13.0. The van der Waals surface area contributed by atoms with E-state index in [0.29, 0.717) is 12.3 Å². The number of urea groups is 1. The van der Waals surface area contributed by atoms with E-state index in [9.17, 15) is 14.3 Å². The number of benzene rings is 2. The SMILES string of the molecule is O=C(Nc1ccc(F)cc1)NC1C2COC(O2)C(Sc2ccccc2)C1O. The van der Waals surface area contributed by atoms with Crippen molar-refractivity contribution in [3.05, 3.63) is 60.4 Å². The summed E-state index contributed by atoms with van der Waals surface area (Å²) in [5.74, 6) is -0.382. The molecule has 2 aliphatic rings. The Kier molecular flexibility index (Phi) is 5.31. The Hall–Kier alpha value is -2.13. The van der Waals surface area contributed by atoms with E-state index in [-0.39, 0.29) is 11.1 Å². The fraction of sp³-hybridized carbons (Fsp3) is 0.316. The summed E-state index contributed by atoms with van der Waals surface area (Å²) in [6.07, 6.45) is -1.79. The first-order chi connectivity index (χ1) is 13.1. The molecule has 0 aromatic heterocycles. The van der Waals surface area contributed by atoms with Crippen molar-refractivity contribution in [3.63, 3.8) is 0 Å². The average molecular weight is 390 g/mol. The number of halogens is 1. The van der Waals surface area contributed by atoms with Crippen LogP contribution in [0.5, 0.6) is 0 Å². The van der Waals surface area contributed by atoms with Gasteiger partial charge in [-0.25, -0.2) is 9.18 Å². The molecule has 2 aliphatic heterocycles. The second-order valence-corrected chi connectivity index (χ2v) is 7.64. The number of ether oxygens (including phenoxy) is 2. The molecule has 142 valence electrons. The van der Waals surface area contributed by atoms with E-state index in [1.807, 2.05) is 30.3 Å². The molecular weight excluding hydrogens is 371 g/mol. The van der Waals surface area contributed by atoms with Gasteiger partial charge in [0, 0.05) is 10.6 Å². The highest BCUT2D eigenvalue weighted by molar-refractivity contribution is 8.00. The molecule has 27 heavy (non-hydrogen) atoms. The van der Waals surface area contributed by atoms with Crippen LogP contribution in [0.2, 0.25) is 0 Å². The molecular formula is C19H19FN2O4S. The van der Waals surface area contributed by atoms with E-state index >= 15 is 0 Å². The van der Waals surface area contributed by atoms with Crippen LogP contribution >= 0.6 is 11.8 Å². The first-order valence-electron chi connectivity index (χ1n) is 8.60. The zero-order valence-electron chi connectivity index (χ0n) is 14.2. The third-order valence-corrected chi connectivity index (χ3v) is 5.84. The number of thioether (sulfide) groups is 1. The van der Waals surface area contributed by atoms with Gasteiger partial charge in [-0.1, -0.05) is 18.2 Å². The van der Waals surface area contributed by atoms with Gasteiger partial charge >= 0.3 is 6.03 Å². The number of aliphatic hydroxyl groups excluding tert-OH is 1. The standard InChI is InChI=1S/C19H19FN2O4S/c20-11-6-8-12(9-7-11)21-19(24)22-15-14-10-25-18(26-14)17(16(15)23)27-13-4-2-1-3-5-13/h1-9,14-18,23H,10H2,(H2,21,22,24). The van der Waals surface area contributed by atoms with Gasteiger partial charge in [-0.05, 0) is 36.4 Å². The minimum absolute atomic E-state index is 0.301. The van der Waals surface area contributed by atoms with Gasteiger partial charge in [0.1, 0.15) is 11.9 Å². The molecule has 2 amide bonds. The molecule has 2 bridgehead atoms. The van der Waals surface area contributed by atoms with Crippen LogP contribution in [0, 0.1) is 5.82 Å². The normalized spacial score (nSPS) is 29.3. The number of anilines is 1. The number of carbonyl (C=O) groups is 1. The fourth-order valence-electron chi connectivity index (χ4n) is 3.20. The van der Waals surface area contributed by atoms with Crippen LogP contribution in [0.3, 0.4) is 0 Å². The molecule has 2 aromatic rings. The minimum Gasteiger partial charge on any atom is -0.389 e. The third-order valence-electron chi connectivity index (χ3n) is 4.52. The Labute approximate surface area is 160 Å². The molecule has 5 atom stereocenters. The summed E-state index contributed by atoms with van der Waals surface area (Å²) in [6, 6.07) is 14.0. The average Bonchev–Trinajstić information content (AvgIpc) is 3.11. The molecule has 2 fully saturated rings. The smallest absolute Gasteiger partial charge is 0.319 e. The van der Waals surface area contributed by atoms with E-state index in [1.54, 1.807) is 0 Å². The molecule has 8 heteroatoms. The van der Waals surface area contributed by atoms with Crippen LogP contribution in [0.15, 0.2) is 59.5 Å². The van der Waals surface area contributed by atoms with Crippen LogP contribution in [0.4, 0.5) is 14.9 Å². The van der Waals surface area contributed by atoms with Crippen LogP contribution in [0.25, 0.3) is 0 Å². The maximum Gasteiger partial charge on any atom is 0.319 e. The zero-order chi connectivity index (χ0) is 18.8.